The summed E-state index contributed by atoms with van der Waals surface area (Å²) in [6.07, 6.45) is 18.2. The lowest BCUT2D eigenvalue weighted by Gasteiger charge is -2.14. The van der Waals surface area contributed by atoms with Crippen LogP contribution in [-0.4, -0.2) is 0 Å². The Kier molecular flexibility index (Phi) is 21.7. The summed E-state index contributed by atoms with van der Waals surface area (Å²) in [6, 6.07) is 8.89. The molecule has 1 rings (SSSR count). The van der Waals surface area contributed by atoms with Gasteiger partial charge < -0.3 is 0 Å². The van der Waals surface area contributed by atoms with Crippen molar-refractivity contribution in [2.45, 2.75) is 100 Å². The van der Waals surface area contributed by atoms with Crippen molar-refractivity contribution in [1.29, 1.82) is 0 Å². The minimum absolute atomic E-state index is 0.615. The number of aryl methyl sites for hydroxylation is 1. The lowest BCUT2D eigenvalue weighted by atomic mass is 9.91. The average Bonchev–Trinajstić information content (AvgIpc) is 2.73. The fourth-order valence-corrected chi connectivity index (χ4v) is 2.80. The summed E-state index contributed by atoms with van der Waals surface area (Å²) in [5.41, 5.74) is 2.91. The molecule has 156 valence electrons. The Labute approximate surface area is 172 Å². The van der Waals surface area contributed by atoms with Crippen molar-refractivity contribution in [1.82, 2.24) is 0 Å². The van der Waals surface area contributed by atoms with Gasteiger partial charge in [-0.2, -0.15) is 0 Å². The van der Waals surface area contributed by atoms with Crippen LogP contribution in [0.3, 0.4) is 0 Å². The molecule has 0 radical (unpaired) electrons. The van der Waals surface area contributed by atoms with E-state index in [-0.39, 0.29) is 0 Å². The number of unbranched alkanes of at least 4 members (excludes halogenated alkanes) is 3. The van der Waals surface area contributed by atoms with Gasteiger partial charge in [0, 0.05) is 0 Å². The molecule has 0 aliphatic heterocycles. The Hall–Kier alpha value is -1.30. The van der Waals surface area contributed by atoms with E-state index in [2.05, 4.69) is 76.3 Å². The van der Waals surface area contributed by atoms with E-state index in [4.69, 9.17) is 0 Å². The molecule has 0 spiro atoms. The normalized spacial score (nSPS) is 12.9. The van der Waals surface area contributed by atoms with E-state index >= 15 is 0 Å². The molecule has 0 nitrogen and oxygen atoms in total. The third-order valence-corrected chi connectivity index (χ3v) is 4.74. The van der Waals surface area contributed by atoms with Gasteiger partial charge in [-0.1, -0.05) is 123 Å². The molecule has 1 aromatic rings. The standard InChI is InChI=1S/C23H36.2C2H6/c1-5-7-9-11-15-22-16-12-13-17-23(22)19-18-21(4)20(3)14-10-8-6-2;2*1-2/h8,10,12-13,16-21H,5-7,9,11,14-15H2,1-4H3;2*1-2H3/b10-8-,19-18+;;. The zero-order valence-electron chi connectivity index (χ0n) is 19.7. The minimum atomic E-state index is 0.615. The highest BCUT2D eigenvalue weighted by Gasteiger charge is 2.07. The maximum atomic E-state index is 2.40. The summed E-state index contributed by atoms with van der Waals surface area (Å²) < 4.78 is 0. The molecule has 0 bridgehead atoms. The van der Waals surface area contributed by atoms with Crippen LogP contribution in [0.2, 0.25) is 0 Å². The Balaban J connectivity index is 0. The molecule has 0 N–H and O–H groups in total. The highest BCUT2D eigenvalue weighted by atomic mass is 14.1. The smallest absolute Gasteiger partial charge is 0.0228 e. The second kappa shape index (κ2) is 21.0. The van der Waals surface area contributed by atoms with Gasteiger partial charge in [0.05, 0.1) is 0 Å². The zero-order chi connectivity index (χ0) is 20.9. The third kappa shape index (κ3) is 14.4. The summed E-state index contributed by atoms with van der Waals surface area (Å²) in [6.45, 7) is 17.2. The van der Waals surface area contributed by atoms with E-state index in [1.165, 1.54) is 49.7 Å². The van der Waals surface area contributed by atoms with E-state index in [9.17, 15) is 0 Å². The first-order chi connectivity index (χ1) is 13.2. The Morgan fingerprint density at radius 2 is 1.52 bits per heavy atom. The Morgan fingerprint density at radius 3 is 2.15 bits per heavy atom. The number of hydrogen-bond donors (Lipinski definition) is 0. The Bertz CT molecular complexity index is 467. The second-order valence-electron chi connectivity index (χ2n) is 6.82. The van der Waals surface area contributed by atoms with Gasteiger partial charge >= 0.3 is 0 Å². The molecule has 0 heteroatoms. The lowest BCUT2D eigenvalue weighted by molar-refractivity contribution is 0.467. The van der Waals surface area contributed by atoms with Crippen LogP contribution in [0.25, 0.3) is 6.08 Å². The van der Waals surface area contributed by atoms with Gasteiger partial charge in [-0.15, -0.1) is 0 Å². The van der Waals surface area contributed by atoms with Crippen LogP contribution < -0.4 is 0 Å². The molecule has 0 aliphatic rings. The SMILES string of the molecule is CC.CC.CC/C=C\CC(C)C(C)/C=C/c1ccccc1CCCCCC. The maximum absolute atomic E-state index is 2.40. The molecule has 27 heavy (non-hydrogen) atoms. The van der Waals surface area contributed by atoms with Gasteiger partial charge in [-0.25, -0.2) is 0 Å². The molecule has 0 saturated carbocycles. The molecule has 0 amide bonds. The van der Waals surface area contributed by atoms with Crippen LogP contribution in [0.4, 0.5) is 0 Å². The summed E-state index contributed by atoms with van der Waals surface area (Å²) in [4.78, 5) is 0. The molecule has 0 saturated heterocycles. The fraction of sp³-hybridized carbons (Fsp3) is 0.630. The van der Waals surface area contributed by atoms with Crippen LogP contribution >= 0.6 is 0 Å². The van der Waals surface area contributed by atoms with Crippen molar-refractivity contribution < 1.29 is 0 Å². The molecule has 0 fully saturated rings. The number of hydrogen-bond acceptors (Lipinski definition) is 0. The van der Waals surface area contributed by atoms with Gasteiger partial charge in [0.15, 0.2) is 0 Å². The molecule has 1 aromatic carbocycles. The van der Waals surface area contributed by atoms with Crippen molar-refractivity contribution >= 4 is 6.08 Å². The third-order valence-electron chi connectivity index (χ3n) is 4.74. The molecule has 0 heterocycles. The number of rotatable bonds is 11. The van der Waals surface area contributed by atoms with Gasteiger partial charge in [0.25, 0.3) is 0 Å². The van der Waals surface area contributed by atoms with Gasteiger partial charge in [0.1, 0.15) is 0 Å². The molecule has 0 aliphatic carbocycles. The van der Waals surface area contributed by atoms with E-state index in [1.807, 2.05) is 27.7 Å². The van der Waals surface area contributed by atoms with Crippen LogP contribution in [0.5, 0.6) is 0 Å². The predicted molar refractivity (Wildman–Crippen MR) is 128 cm³/mol. The summed E-state index contributed by atoms with van der Waals surface area (Å²) in [5, 5.41) is 0. The molecular formula is C27H48. The van der Waals surface area contributed by atoms with E-state index in [0.29, 0.717) is 11.8 Å². The zero-order valence-corrected chi connectivity index (χ0v) is 19.7. The van der Waals surface area contributed by atoms with E-state index in [1.54, 1.807) is 0 Å². The predicted octanol–water partition coefficient (Wildman–Crippen LogP) is 9.50. The first kappa shape index (κ1) is 27.9. The van der Waals surface area contributed by atoms with Gasteiger partial charge in [-0.05, 0) is 48.6 Å². The Morgan fingerprint density at radius 1 is 0.852 bits per heavy atom. The van der Waals surface area contributed by atoms with Crippen molar-refractivity contribution in [2.24, 2.45) is 11.8 Å². The molecule has 2 unspecified atom stereocenters. The van der Waals surface area contributed by atoms with E-state index < -0.39 is 0 Å². The number of benzene rings is 1. The van der Waals surface area contributed by atoms with Crippen molar-refractivity contribution in [2.75, 3.05) is 0 Å². The topological polar surface area (TPSA) is 0 Å². The highest BCUT2D eigenvalue weighted by molar-refractivity contribution is 5.54. The summed E-state index contributed by atoms with van der Waals surface area (Å²) in [7, 11) is 0. The molecule has 0 aromatic heterocycles. The first-order valence-electron chi connectivity index (χ1n) is 11.6. The van der Waals surface area contributed by atoms with Crippen molar-refractivity contribution in [3.63, 3.8) is 0 Å². The van der Waals surface area contributed by atoms with Crippen molar-refractivity contribution in [3.05, 3.63) is 53.6 Å². The van der Waals surface area contributed by atoms with Crippen LogP contribution in [-0.2, 0) is 6.42 Å². The van der Waals surface area contributed by atoms with Gasteiger partial charge in [0.2, 0.25) is 0 Å². The summed E-state index contributed by atoms with van der Waals surface area (Å²) in [5.74, 6) is 1.32. The molecule has 2 atom stereocenters. The van der Waals surface area contributed by atoms with Crippen LogP contribution in [0.15, 0.2) is 42.5 Å². The quantitative estimate of drug-likeness (QED) is 0.268. The highest BCUT2D eigenvalue weighted by Crippen LogP contribution is 2.20. The van der Waals surface area contributed by atoms with Crippen LogP contribution in [0, 0.1) is 11.8 Å². The minimum Gasteiger partial charge on any atom is -0.0888 e. The van der Waals surface area contributed by atoms with Crippen molar-refractivity contribution in [3.8, 4) is 0 Å². The largest absolute Gasteiger partial charge is 0.0888 e. The average molecular weight is 373 g/mol. The second-order valence-corrected chi connectivity index (χ2v) is 6.82. The summed E-state index contributed by atoms with van der Waals surface area (Å²) >= 11 is 0. The van der Waals surface area contributed by atoms with Gasteiger partial charge in [-0.3, -0.25) is 0 Å². The molecular weight excluding hydrogens is 324 g/mol. The van der Waals surface area contributed by atoms with E-state index in [0.717, 1.165) is 6.42 Å². The first-order valence-corrected chi connectivity index (χ1v) is 11.6. The van der Waals surface area contributed by atoms with Crippen LogP contribution in [0.1, 0.15) is 105 Å². The number of allylic oxidation sites excluding steroid dienone is 3. The maximum Gasteiger partial charge on any atom is -0.0228 e. The monoisotopic (exact) mass is 372 g/mol. The fourth-order valence-electron chi connectivity index (χ4n) is 2.80. The lowest BCUT2D eigenvalue weighted by Crippen LogP contribution is -2.03.